The van der Waals surface area contributed by atoms with Crippen molar-refractivity contribution in [2.24, 2.45) is 0 Å². The second-order valence-electron chi connectivity index (χ2n) is 6.20. The molecule has 24 heavy (non-hydrogen) atoms. The summed E-state index contributed by atoms with van der Waals surface area (Å²) in [6.45, 7) is 0.753. The summed E-state index contributed by atoms with van der Waals surface area (Å²) in [6, 6.07) is 12.3. The zero-order valence-electron chi connectivity index (χ0n) is 13.5. The first-order valence-corrected chi connectivity index (χ1v) is 8.11. The van der Waals surface area contributed by atoms with E-state index < -0.39 is 0 Å². The fraction of sp³-hybridized carbons (Fsp3) is 0.278. The Morgan fingerprint density at radius 1 is 1.29 bits per heavy atom. The molecule has 3 aromatic rings. The zero-order valence-corrected chi connectivity index (χ0v) is 13.5. The van der Waals surface area contributed by atoms with Crippen molar-refractivity contribution in [3.05, 3.63) is 42.6 Å². The number of amides is 1. The van der Waals surface area contributed by atoms with Crippen LogP contribution in [0.4, 0.5) is 5.82 Å². The molecule has 6 nitrogen and oxygen atoms in total. The third-order valence-corrected chi connectivity index (χ3v) is 4.46. The summed E-state index contributed by atoms with van der Waals surface area (Å²) in [5.41, 5.74) is 2.98. The molecule has 6 heteroatoms. The summed E-state index contributed by atoms with van der Waals surface area (Å²) in [5.74, 6) is 1.01. The van der Waals surface area contributed by atoms with Gasteiger partial charge in [0.2, 0.25) is 5.91 Å². The Labute approximate surface area is 139 Å². The quantitative estimate of drug-likeness (QED) is 0.773. The molecule has 1 saturated heterocycles. The van der Waals surface area contributed by atoms with Crippen molar-refractivity contribution in [2.75, 3.05) is 18.5 Å². The van der Waals surface area contributed by atoms with Crippen molar-refractivity contribution < 1.29 is 4.79 Å². The number of benzene rings is 1. The van der Waals surface area contributed by atoms with Crippen LogP contribution >= 0.6 is 0 Å². The van der Waals surface area contributed by atoms with Crippen LogP contribution in [-0.2, 0) is 4.79 Å². The van der Waals surface area contributed by atoms with Crippen LogP contribution in [0.25, 0.3) is 22.2 Å². The van der Waals surface area contributed by atoms with E-state index in [1.54, 1.807) is 6.20 Å². The number of likely N-dealkylation sites (N-methyl/N-ethyl adjacent to an activating group) is 1. The molecule has 0 aliphatic carbocycles. The van der Waals surface area contributed by atoms with Gasteiger partial charge in [0.1, 0.15) is 11.5 Å². The number of fused-ring (bicyclic) bond motifs is 1. The molecule has 0 saturated carbocycles. The number of H-pyrrole nitrogens is 1. The highest BCUT2D eigenvalue weighted by atomic mass is 16.1. The Balaban J connectivity index is 1.60. The maximum Gasteiger partial charge on any atom is 0.220 e. The zero-order chi connectivity index (χ0) is 16.5. The fourth-order valence-electron chi connectivity index (χ4n) is 3.20. The van der Waals surface area contributed by atoms with Gasteiger partial charge in [0.05, 0.1) is 5.52 Å². The average Bonchev–Trinajstić information content (AvgIpc) is 3.21. The Morgan fingerprint density at radius 3 is 3.00 bits per heavy atom. The largest absolute Gasteiger partial charge is 0.358 e. The van der Waals surface area contributed by atoms with Crippen LogP contribution in [0.2, 0.25) is 0 Å². The number of rotatable bonds is 4. The van der Waals surface area contributed by atoms with Gasteiger partial charge in [0.25, 0.3) is 0 Å². The molecule has 1 aliphatic heterocycles. The predicted molar refractivity (Wildman–Crippen MR) is 93.8 cm³/mol. The van der Waals surface area contributed by atoms with Crippen molar-refractivity contribution in [3.8, 4) is 11.3 Å². The third kappa shape index (κ3) is 2.71. The Hall–Kier alpha value is -2.89. The summed E-state index contributed by atoms with van der Waals surface area (Å²) in [7, 11) is 2.00. The number of anilines is 1. The molecule has 1 aromatic carbocycles. The summed E-state index contributed by atoms with van der Waals surface area (Å²) in [6.07, 6.45) is 3.30. The molecule has 0 spiro atoms. The highest BCUT2D eigenvalue weighted by Gasteiger charge is 2.22. The predicted octanol–water partition coefficient (Wildman–Crippen LogP) is 2.34. The summed E-state index contributed by atoms with van der Waals surface area (Å²) in [4.78, 5) is 17.9. The minimum atomic E-state index is 0.137. The molecule has 4 rings (SSSR count). The van der Waals surface area contributed by atoms with Crippen LogP contribution in [0.1, 0.15) is 12.8 Å². The number of carbonyl (C=O) groups is 1. The number of aromatic amines is 1. The van der Waals surface area contributed by atoms with Crippen LogP contribution in [0.5, 0.6) is 0 Å². The molecule has 2 aromatic heterocycles. The number of hydrogen-bond donors (Lipinski definition) is 2. The third-order valence-electron chi connectivity index (χ3n) is 4.46. The Bertz CT molecular complexity index is 888. The van der Waals surface area contributed by atoms with Gasteiger partial charge in [-0.1, -0.05) is 18.2 Å². The minimum absolute atomic E-state index is 0.137. The minimum Gasteiger partial charge on any atom is -0.358 e. The topological polar surface area (TPSA) is 73.9 Å². The van der Waals surface area contributed by atoms with Gasteiger partial charge in [-0.25, -0.2) is 4.98 Å². The first-order valence-electron chi connectivity index (χ1n) is 8.11. The van der Waals surface area contributed by atoms with E-state index in [2.05, 4.69) is 31.5 Å². The van der Waals surface area contributed by atoms with E-state index in [0.717, 1.165) is 40.9 Å². The molecule has 1 unspecified atom stereocenters. The van der Waals surface area contributed by atoms with Gasteiger partial charge in [0.15, 0.2) is 0 Å². The lowest BCUT2D eigenvalue weighted by molar-refractivity contribution is -0.119. The van der Waals surface area contributed by atoms with E-state index in [-0.39, 0.29) is 11.9 Å². The van der Waals surface area contributed by atoms with Gasteiger partial charge in [-0.3, -0.25) is 9.89 Å². The number of hydrogen-bond acceptors (Lipinski definition) is 4. The Morgan fingerprint density at radius 2 is 2.17 bits per heavy atom. The van der Waals surface area contributed by atoms with E-state index >= 15 is 0 Å². The lowest BCUT2D eigenvalue weighted by Gasteiger charge is -2.22. The van der Waals surface area contributed by atoms with Gasteiger partial charge in [-0.2, -0.15) is 5.10 Å². The molecule has 2 N–H and O–H groups in total. The normalized spacial score (nSPS) is 17.2. The first-order chi connectivity index (χ1) is 11.7. The fourth-order valence-corrected chi connectivity index (χ4v) is 3.20. The van der Waals surface area contributed by atoms with Crippen LogP contribution in [0.3, 0.4) is 0 Å². The maximum absolute atomic E-state index is 11.3. The van der Waals surface area contributed by atoms with E-state index in [1.807, 2.05) is 37.4 Å². The van der Waals surface area contributed by atoms with Crippen molar-refractivity contribution in [1.29, 1.82) is 0 Å². The number of nitrogens with one attached hydrogen (secondary N) is 2. The highest BCUT2D eigenvalue weighted by Crippen LogP contribution is 2.27. The molecule has 0 bridgehead atoms. The van der Waals surface area contributed by atoms with E-state index in [4.69, 9.17) is 0 Å². The molecule has 1 fully saturated rings. The molecule has 122 valence electrons. The average molecular weight is 321 g/mol. The van der Waals surface area contributed by atoms with Crippen LogP contribution in [0, 0.1) is 0 Å². The molecule has 1 amide bonds. The number of nitrogens with zero attached hydrogens (tertiary/aromatic N) is 3. The molecular weight excluding hydrogens is 302 g/mol. The van der Waals surface area contributed by atoms with Crippen molar-refractivity contribution in [3.63, 3.8) is 0 Å². The van der Waals surface area contributed by atoms with Crippen LogP contribution in [0.15, 0.2) is 42.6 Å². The number of carbonyl (C=O) groups excluding carboxylic acids is 1. The van der Waals surface area contributed by atoms with Gasteiger partial charge in [-0.05, 0) is 24.6 Å². The number of aromatic nitrogens is 3. The van der Waals surface area contributed by atoms with E-state index in [1.165, 1.54) is 0 Å². The molecule has 1 aliphatic rings. The maximum atomic E-state index is 11.3. The standard InChI is InChI=1S/C18H19N5O/c1-23(11-13-6-7-17(24)20-13)16-10-12(8-9-19-16)18-14-4-2-3-5-15(14)21-22-18/h2-5,8-10,13H,6-7,11H2,1H3,(H,20,24)(H,21,22). The van der Waals surface area contributed by atoms with E-state index in [0.29, 0.717) is 6.42 Å². The monoisotopic (exact) mass is 321 g/mol. The lowest BCUT2D eigenvalue weighted by Crippen LogP contribution is -2.37. The van der Waals surface area contributed by atoms with Gasteiger partial charge in [-0.15, -0.1) is 0 Å². The Kier molecular flexibility index (Phi) is 3.65. The SMILES string of the molecule is CN(CC1CCC(=O)N1)c1cc(-c2n[nH]c3ccccc23)ccn1. The summed E-state index contributed by atoms with van der Waals surface area (Å²) >= 11 is 0. The van der Waals surface area contributed by atoms with Crippen LogP contribution < -0.4 is 10.2 Å². The summed E-state index contributed by atoms with van der Waals surface area (Å²) in [5, 5.41) is 11.6. The molecular formula is C18H19N5O. The van der Waals surface area contributed by atoms with Crippen LogP contribution in [-0.4, -0.2) is 40.7 Å². The van der Waals surface area contributed by atoms with E-state index in [9.17, 15) is 4.79 Å². The molecule has 1 atom stereocenters. The molecule has 3 heterocycles. The highest BCUT2D eigenvalue weighted by molar-refractivity contribution is 5.93. The second kappa shape index (κ2) is 5.96. The lowest BCUT2D eigenvalue weighted by atomic mass is 10.1. The summed E-state index contributed by atoms with van der Waals surface area (Å²) < 4.78 is 0. The van der Waals surface area contributed by atoms with Crippen molar-refractivity contribution in [1.82, 2.24) is 20.5 Å². The van der Waals surface area contributed by atoms with Gasteiger partial charge >= 0.3 is 0 Å². The molecule has 0 radical (unpaired) electrons. The smallest absolute Gasteiger partial charge is 0.220 e. The first kappa shape index (κ1) is 14.7. The second-order valence-corrected chi connectivity index (χ2v) is 6.20. The van der Waals surface area contributed by atoms with Gasteiger partial charge in [0, 0.05) is 43.2 Å². The van der Waals surface area contributed by atoms with Crippen molar-refractivity contribution in [2.45, 2.75) is 18.9 Å². The van der Waals surface area contributed by atoms with Crippen molar-refractivity contribution >= 4 is 22.6 Å². The van der Waals surface area contributed by atoms with Gasteiger partial charge < -0.3 is 10.2 Å². The number of para-hydroxylation sites is 1. The number of pyridine rings is 1.